The summed E-state index contributed by atoms with van der Waals surface area (Å²) in [5.74, 6) is -0.582. The molecule has 0 aliphatic heterocycles. The highest BCUT2D eigenvalue weighted by molar-refractivity contribution is 9.10. The summed E-state index contributed by atoms with van der Waals surface area (Å²) >= 11 is 3.01. The third-order valence-corrected chi connectivity index (χ3v) is 1.89. The Bertz CT molecular complexity index is 277. The molecule has 0 aliphatic rings. The van der Waals surface area contributed by atoms with Crippen LogP contribution in [0.3, 0.4) is 0 Å². The summed E-state index contributed by atoms with van der Waals surface area (Å²) in [6.45, 7) is 0. The van der Waals surface area contributed by atoms with Crippen LogP contribution in [0, 0.1) is 5.82 Å². The number of benzene rings is 1. The van der Waals surface area contributed by atoms with Gasteiger partial charge in [-0.05, 0) is 28.1 Å². The summed E-state index contributed by atoms with van der Waals surface area (Å²) in [5.41, 5.74) is 5.56. The van der Waals surface area contributed by atoms with Gasteiger partial charge in [0.25, 0.3) is 0 Å². The van der Waals surface area contributed by atoms with Crippen molar-refractivity contribution in [2.75, 3.05) is 5.73 Å². The van der Waals surface area contributed by atoms with E-state index < -0.39 is 5.82 Å². The van der Waals surface area contributed by atoms with Gasteiger partial charge in [0, 0.05) is 10.0 Å². The number of carbonyl (C=O) groups excluding carboxylic acids is 1. The predicted molar refractivity (Wildman–Crippen MR) is 43.9 cm³/mol. The van der Waals surface area contributed by atoms with Gasteiger partial charge in [0.2, 0.25) is 0 Å². The van der Waals surface area contributed by atoms with Gasteiger partial charge < -0.3 is 5.73 Å². The Labute approximate surface area is 71.3 Å². The smallest absolute Gasteiger partial charge is 0.150 e. The molecule has 1 aromatic rings. The van der Waals surface area contributed by atoms with Crippen molar-refractivity contribution in [1.82, 2.24) is 0 Å². The average Bonchev–Trinajstić information content (AvgIpc) is 1.99. The van der Waals surface area contributed by atoms with Crippen LogP contribution in [0.1, 0.15) is 10.4 Å². The molecular formula is C7H5BrFNO. The van der Waals surface area contributed by atoms with Crippen molar-refractivity contribution in [1.29, 1.82) is 0 Å². The number of hydrogen-bond acceptors (Lipinski definition) is 2. The van der Waals surface area contributed by atoms with E-state index in [0.717, 1.165) is 6.07 Å². The summed E-state index contributed by atoms with van der Waals surface area (Å²) in [6, 6.07) is 2.55. The zero-order valence-electron chi connectivity index (χ0n) is 5.47. The van der Waals surface area contributed by atoms with Crippen molar-refractivity contribution >= 4 is 27.9 Å². The highest BCUT2D eigenvalue weighted by Crippen LogP contribution is 2.23. The largest absolute Gasteiger partial charge is 0.395 e. The molecule has 1 rings (SSSR count). The Morgan fingerprint density at radius 1 is 1.55 bits per heavy atom. The van der Waals surface area contributed by atoms with Crippen LogP contribution >= 0.6 is 15.9 Å². The maximum Gasteiger partial charge on any atom is 0.150 e. The third-order valence-electron chi connectivity index (χ3n) is 1.24. The van der Waals surface area contributed by atoms with Crippen molar-refractivity contribution < 1.29 is 9.18 Å². The van der Waals surface area contributed by atoms with Crippen LogP contribution in [0.2, 0.25) is 0 Å². The summed E-state index contributed by atoms with van der Waals surface area (Å²) < 4.78 is 13.1. The number of aldehydes is 1. The summed E-state index contributed by atoms with van der Waals surface area (Å²) in [4.78, 5) is 10.2. The monoisotopic (exact) mass is 217 g/mol. The van der Waals surface area contributed by atoms with Gasteiger partial charge in [-0.1, -0.05) is 0 Å². The van der Waals surface area contributed by atoms with E-state index in [9.17, 15) is 9.18 Å². The van der Waals surface area contributed by atoms with Gasteiger partial charge in [0.15, 0.2) is 0 Å². The lowest BCUT2D eigenvalue weighted by molar-refractivity contribution is 0.112. The molecule has 0 aliphatic carbocycles. The van der Waals surface area contributed by atoms with Crippen molar-refractivity contribution in [2.45, 2.75) is 0 Å². The number of halogens is 2. The maximum atomic E-state index is 12.7. The third kappa shape index (κ3) is 1.57. The minimum absolute atomic E-state index is 0.0237. The number of rotatable bonds is 1. The molecule has 2 nitrogen and oxygen atoms in total. The normalized spacial score (nSPS) is 9.64. The van der Waals surface area contributed by atoms with Crippen molar-refractivity contribution in [2.24, 2.45) is 0 Å². The second kappa shape index (κ2) is 3.00. The lowest BCUT2D eigenvalue weighted by Crippen LogP contribution is -1.93. The number of nitrogens with two attached hydrogens (primary N) is 1. The predicted octanol–water partition coefficient (Wildman–Crippen LogP) is 1.98. The number of hydrogen-bond donors (Lipinski definition) is 1. The van der Waals surface area contributed by atoms with Crippen molar-refractivity contribution in [3.63, 3.8) is 0 Å². The maximum absolute atomic E-state index is 12.7. The summed E-state index contributed by atoms with van der Waals surface area (Å²) in [5, 5.41) is 0. The van der Waals surface area contributed by atoms with E-state index in [4.69, 9.17) is 5.73 Å². The molecule has 2 N–H and O–H groups in total. The Morgan fingerprint density at radius 2 is 2.18 bits per heavy atom. The van der Waals surface area contributed by atoms with Gasteiger partial charge in [0.05, 0.1) is 5.69 Å². The molecule has 0 bridgehead atoms. The van der Waals surface area contributed by atoms with Crippen LogP contribution in [0.4, 0.5) is 10.1 Å². The zero-order valence-corrected chi connectivity index (χ0v) is 7.06. The van der Waals surface area contributed by atoms with Crippen molar-refractivity contribution in [3.05, 3.63) is 28.0 Å². The van der Waals surface area contributed by atoms with Crippen LogP contribution in [-0.4, -0.2) is 6.29 Å². The lowest BCUT2D eigenvalue weighted by Gasteiger charge is -1.99. The van der Waals surface area contributed by atoms with E-state index in [1.807, 2.05) is 0 Å². The minimum atomic E-state index is -0.582. The fourth-order valence-electron chi connectivity index (χ4n) is 0.672. The van der Waals surface area contributed by atoms with E-state index in [2.05, 4.69) is 15.9 Å². The van der Waals surface area contributed by atoms with Gasteiger partial charge in [-0.25, -0.2) is 4.39 Å². The number of nitrogen functional groups attached to an aromatic ring is 1. The molecule has 58 valence electrons. The fraction of sp³-hybridized carbons (Fsp3) is 0. The molecule has 0 radical (unpaired) electrons. The van der Waals surface area contributed by atoms with Crippen LogP contribution in [0.25, 0.3) is 0 Å². The highest BCUT2D eigenvalue weighted by atomic mass is 79.9. The Hall–Kier alpha value is -0.900. The van der Waals surface area contributed by atoms with Crippen LogP contribution < -0.4 is 5.73 Å². The summed E-state index contributed by atoms with van der Waals surface area (Å²) in [7, 11) is 0. The molecule has 0 aromatic heterocycles. The van der Waals surface area contributed by atoms with Crippen LogP contribution in [0.15, 0.2) is 16.6 Å². The minimum Gasteiger partial charge on any atom is -0.395 e. The molecule has 0 spiro atoms. The van der Waals surface area contributed by atoms with Gasteiger partial charge >= 0.3 is 0 Å². The van der Waals surface area contributed by atoms with E-state index in [-0.39, 0.29) is 11.3 Å². The first-order valence-electron chi connectivity index (χ1n) is 2.85. The van der Waals surface area contributed by atoms with Crippen molar-refractivity contribution in [3.8, 4) is 0 Å². The second-order valence-corrected chi connectivity index (χ2v) is 2.87. The van der Waals surface area contributed by atoms with Crippen LogP contribution in [0.5, 0.6) is 0 Å². The molecule has 0 amide bonds. The average molecular weight is 218 g/mol. The van der Waals surface area contributed by atoms with Crippen LogP contribution in [-0.2, 0) is 0 Å². The zero-order chi connectivity index (χ0) is 8.43. The molecule has 11 heavy (non-hydrogen) atoms. The van der Waals surface area contributed by atoms with E-state index in [1.54, 1.807) is 0 Å². The molecule has 0 heterocycles. The van der Waals surface area contributed by atoms with Gasteiger partial charge in [-0.3, -0.25) is 4.79 Å². The first-order valence-corrected chi connectivity index (χ1v) is 3.64. The quantitative estimate of drug-likeness (QED) is 0.578. The molecular weight excluding hydrogens is 213 g/mol. The number of anilines is 1. The van der Waals surface area contributed by atoms with Gasteiger partial charge in [-0.15, -0.1) is 0 Å². The Balaban J connectivity index is 3.31. The molecule has 0 saturated heterocycles. The van der Waals surface area contributed by atoms with Gasteiger partial charge in [0.1, 0.15) is 12.1 Å². The molecule has 1 aromatic carbocycles. The topological polar surface area (TPSA) is 43.1 Å². The first-order chi connectivity index (χ1) is 5.15. The standard InChI is InChI=1S/C7H5BrFNO/c8-5-1-4(3-11)2-6(9)7(5)10/h1-3H,10H2. The number of carbonyl (C=O) groups is 1. The van der Waals surface area contributed by atoms with E-state index >= 15 is 0 Å². The Morgan fingerprint density at radius 3 is 2.64 bits per heavy atom. The molecule has 0 unspecified atom stereocenters. The van der Waals surface area contributed by atoms with E-state index in [0.29, 0.717) is 10.8 Å². The molecule has 0 atom stereocenters. The summed E-state index contributed by atoms with van der Waals surface area (Å²) in [6.07, 6.45) is 0.563. The fourth-order valence-corrected chi connectivity index (χ4v) is 1.13. The SMILES string of the molecule is Nc1c(F)cc(C=O)cc1Br. The Kier molecular flexibility index (Phi) is 2.24. The van der Waals surface area contributed by atoms with Gasteiger partial charge in [-0.2, -0.15) is 0 Å². The molecule has 0 fully saturated rings. The molecule has 4 heteroatoms. The molecule has 0 saturated carbocycles. The highest BCUT2D eigenvalue weighted by Gasteiger charge is 2.04. The van der Waals surface area contributed by atoms with E-state index in [1.165, 1.54) is 6.07 Å². The first kappa shape index (κ1) is 8.20. The lowest BCUT2D eigenvalue weighted by atomic mass is 10.2. The second-order valence-electron chi connectivity index (χ2n) is 2.02.